The van der Waals surface area contributed by atoms with E-state index in [-0.39, 0.29) is 12.5 Å². The fourth-order valence-corrected chi connectivity index (χ4v) is 5.70. The van der Waals surface area contributed by atoms with Crippen molar-refractivity contribution in [1.29, 1.82) is 0 Å². The zero-order valence-electron chi connectivity index (χ0n) is 20.6. The normalized spacial score (nSPS) is 16.9. The Labute approximate surface area is 220 Å². The Bertz CT molecular complexity index is 1450. The van der Waals surface area contributed by atoms with Crippen LogP contribution in [0.15, 0.2) is 53.1 Å². The molecule has 4 aromatic rings. The quantitative estimate of drug-likeness (QED) is 0.400. The topological polar surface area (TPSA) is 85.1 Å². The van der Waals surface area contributed by atoms with E-state index in [0.29, 0.717) is 37.9 Å². The lowest BCUT2D eigenvalue weighted by molar-refractivity contribution is 0.0614. The summed E-state index contributed by atoms with van der Waals surface area (Å²) in [5, 5.41) is 15.3. The van der Waals surface area contributed by atoms with E-state index in [1.807, 2.05) is 47.4 Å². The van der Waals surface area contributed by atoms with Gasteiger partial charge in [-0.15, -0.1) is 0 Å². The Kier molecular flexibility index (Phi) is 6.73. The van der Waals surface area contributed by atoms with Crippen LogP contribution in [0.25, 0.3) is 21.9 Å². The first kappa shape index (κ1) is 24.2. The molecule has 4 heterocycles. The zero-order valence-corrected chi connectivity index (χ0v) is 21.4. The van der Waals surface area contributed by atoms with E-state index in [0.717, 1.165) is 70.4 Å². The van der Waals surface area contributed by atoms with Gasteiger partial charge in [0, 0.05) is 79.3 Å². The molecule has 0 spiro atoms. The van der Waals surface area contributed by atoms with Crippen LogP contribution >= 0.6 is 11.6 Å². The first-order valence-electron chi connectivity index (χ1n) is 12.8. The van der Waals surface area contributed by atoms with Crippen LogP contribution < -0.4 is 5.32 Å². The highest BCUT2D eigenvalue weighted by Crippen LogP contribution is 2.31. The van der Waals surface area contributed by atoms with Gasteiger partial charge in [0.15, 0.2) is 5.58 Å². The molecule has 0 saturated carbocycles. The number of furan rings is 1. The minimum Gasteiger partial charge on any atom is -0.462 e. The number of rotatable bonds is 6. The summed E-state index contributed by atoms with van der Waals surface area (Å²) in [7, 11) is 0. The molecule has 0 radical (unpaired) electrons. The second kappa shape index (κ2) is 10.3. The lowest BCUT2D eigenvalue weighted by Crippen LogP contribution is -2.49. The van der Waals surface area contributed by atoms with E-state index in [1.165, 1.54) is 0 Å². The van der Waals surface area contributed by atoms with Crippen LogP contribution in [0.5, 0.6) is 0 Å². The Balaban J connectivity index is 1.27. The highest BCUT2D eigenvalue weighted by atomic mass is 35.5. The maximum Gasteiger partial charge on any atom is 0.255 e. The number of hydrogen-bond donors (Lipinski definition) is 2. The van der Waals surface area contributed by atoms with Crippen LogP contribution in [-0.2, 0) is 13.0 Å². The molecular weight excluding hydrogens is 490 g/mol. The third-order valence-electron chi connectivity index (χ3n) is 7.42. The van der Waals surface area contributed by atoms with Crippen LogP contribution in [0.3, 0.4) is 0 Å². The van der Waals surface area contributed by atoms with Crippen molar-refractivity contribution in [2.75, 3.05) is 57.9 Å². The Morgan fingerprint density at radius 3 is 2.76 bits per heavy atom. The van der Waals surface area contributed by atoms with Gasteiger partial charge in [-0.25, -0.2) is 0 Å². The van der Waals surface area contributed by atoms with Crippen LogP contribution in [0.2, 0.25) is 5.02 Å². The summed E-state index contributed by atoms with van der Waals surface area (Å²) in [4.78, 5) is 25.4. The van der Waals surface area contributed by atoms with Crippen LogP contribution in [-0.4, -0.2) is 83.2 Å². The van der Waals surface area contributed by atoms with Gasteiger partial charge >= 0.3 is 0 Å². The molecule has 9 heteroatoms. The summed E-state index contributed by atoms with van der Waals surface area (Å²) in [5.41, 5.74) is 5.31. The number of pyridine rings is 1. The van der Waals surface area contributed by atoms with Crippen molar-refractivity contribution in [1.82, 2.24) is 19.7 Å². The third-order valence-corrected chi connectivity index (χ3v) is 7.64. The second-order valence-electron chi connectivity index (χ2n) is 9.72. The minimum absolute atomic E-state index is 0.0699. The lowest BCUT2D eigenvalue weighted by atomic mass is 9.94. The molecule has 0 atom stereocenters. The van der Waals surface area contributed by atoms with E-state index < -0.39 is 0 Å². The number of aliphatic hydroxyl groups excluding tert-OH is 1. The van der Waals surface area contributed by atoms with E-state index in [2.05, 4.69) is 15.1 Å². The number of halogens is 1. The van der Waals surface area contributed by atoms with Crippen LogP contribution in [0.1, 0.15) is 21.6 Å². The number of carbonyl (C=O) groups excluding carboxylic acids is 1. The van der Waals surface area contributed by atoms with Gasteiger partial charge < -0.3 is 19.7 Å². The van der Waals surface area contributed by atoms with Crippen molar-refractivity contribution in [3.05, 3.63) is 70.6 Å². The third kappa shape index (κ3) is 4.78. The number of aromatic nitrogens is 1. The molecule has 1 fully saturated rings. The summed E-state index contributed by atoms with van der Waals surface area (Å²) >= 11 is 6.32. The number of nitrogens with one attached hydrogen (secondary N) is 1. The molecule has 1 amide bonds. The molecule has 192 valence electrons. The summed E-state index contributed by atoms with van der Waals surface area (Å²) in [6.07, 6.45) is 2.44. The summed E-state index contributed by atoms with van der Waals surface area (Å²) in [5.74, 6) is 0.0699. The van der Waals surface area contributed by atoms with E-state index in [1.54, 1.807) is 6.26 Å². The molecule has 2 aliphatic rings. The van der Waals surface area contributed by atoms with Gasteiger partial charge in [-0.2, -0.15) is 0 Å². The number of para-hydroxylation sites is 1. The molecule has 37 heavy (non-hydrogen) atoms. The molecule has 2 N–H and O–H groups in total. The maximum atomic E-state index is 14.0. The van der Waals surface area contributed by atoms with Gasteiger partial charge in [0.25, 0.3) is 5.91 Å². The zero-order chi connectivity index (χ0) is 25.4. The van der Waals surface area contributed by atoms with Gasteiger partial charge in [-0.1, -0.05) is 29.8 Å². The Morgan fingerprint density at radius 1 is 1.08 bits per heavy atom. The number of carbonyl (C=O) groups is 1. The number of benzene rings is 2. The number of β-amino-alcohol motifs (C(OH)–C–C–N with tert-alkyl or cyclic N) is 1. The SMILES string of the molecule is O=C(c1c2c(nc3ccccc13)CCN(CNc1cc(Cl)cc3ccoc13)C2)N1CCN(CCO)CC1. The molecule has 8 nitrogen and oxygen atoms in total. The molecule has 2 aromatic heterocycles. The molecule has 0 aliphatic carbocycles. The largest absolute Gasteiger partial charge is 0.462 e. The van der Waals surface area contributed by atoms with E-state index in [9.17, 15) is 9.90 Å². The summed E-state index contributed by atoms with van der Waals surface area (Å²) < 4.78 is 5.67. The van der Waals surface area contributed by atoms with Gasteiger partial charge in [-0.3, -0.25) is 19.6 Å². The molecule has 0 bridgehead atoms. The molecule has 2 aromatic carbocycles. The molecule has 2 aliphatic heterocycles. The van der Waals surface area contributed by atoms with Crippen LogP contribution in [0.4, 0.5) is 5.69 Å². The van der Waals surface area contributed by atoms with Gasteiger partial charge in [0.1, 0.15) is 0 Å². The van der Waals surface area contributed by atoms with Gasteiger partial charge in [0.2, 0.25) is 0 Å². The maximum absolute atomic E-state index is 14.0. The summed E-state index contributed by atoms with van der Waals surface area (Å²) in [6, 6.07) is 13.6. The number of aliphatic hydroxyl groups is 1. The van der Waals surface area contributed by atoms with E-state index in [4.69, 9.17) is 21.0 Å². The fourth-order valence-electron chi connectivity index (χ4n) is 5.47. The van der Waals surface area contributed by atoms with Gasteiger partial charge in [-0.05, 0) is 24.3 Å². The summed E-state index contributed by atoms with van der Waals surface area (Å²) in [6.45, 7) is 5.70. The first-order chi connectivity index (χ1) is 18.1. The predicted octanol–water partition coefficient (Wildman–Crippen LogP) is 3.81. The predicted molar refractivity (Wildman–Crippen MR) is 145 cm³/mol. The smallest absolute Gasteiger partial charge is 0.255 e. The fraction of sp³-hybridized carbons (Fsp3) is 0.357. The second-order valence-corrected chi connectivity index (χ2v) is 10.2. The number of piperazine rings is 1. The number of nitrogens with zero attached hydrogens (tertiary/aromatic N) is 4. The van der Waals surface area contributed by atoms with Crippen molar-refractivity contribution in [2.24, 2.45) is 0 Å². The minimum atomic E-state index is 0.0699. The highest BCUT2D eigenvalue weighted by molar-refractivity contribution is 6.31. The number of hydrogen-bond acceptors (Lipinski definition) is 7. The average molecular weight is 520 g/mol. The van der Waals surface area contributed by atoms with Crippen molar-refractivity contribution in [3.63, 3.8) is 0 Å². The number of fused-ring (bicyclic) bond motifs is 3. The van der Waals surface area contributed by atoms with Crippen molar-refractivity contribution in [3.8, 4) is 0 Å². The lowest BCUT2D eigenvalue weighted by Gasteiger charge is -2.36. The Hall–Kier alpha value is -3.17. The number of anilines is 1. The van der Waals surface area contributed by atoms with Crippen molar-refractivity contribution >= 4 is 45.1 Å². The molecular formula is C28H30ClN5O3. The molecule has 0 unspecified atom stereocenters. The van der Waals surface area contributed by atoms with Crippen molar-refractivity contribution < 1.29 is 14.3 Å². The molecule has 1 saturated heterocycles. The van der Waals surface area contributed by atoms with Gasteiger partial charge in [0.05, 0.1) is 36.3 Å². The van der Waals surface area contributed by atoms with Crippen LogP contribution in [0, 0.1) is 0 Å². The van der Waals surface area contributed by atoms with Crippen molar-refractivity contribution in [2.45, 2.75) is 13.0 Å². The molecule has 6 rings (SSSR count). The monoisotopic (exact) mass is 519 g/mol. The first-order valence-corrected chi connectivity index (χ1v) is 13.1. The number of amides is 1. The highest BCUT2D eigenvalue weighted by Gasteiger charge is 2.30. The Morgan fingerprint density at radius 2 is 1.92 bits per heavy atom. The standard InChI is InChI=1S/C28H30ClN5O3/c29-20-15-19-6-14-37-27(19)25(16-20)30-18-33-7-5-24-22(17-33)26(21-3-1-2-4-23(21)31-24)28(36)34-10-8-32(9-11-34)12-13-35/h1-4,6,14-16,30,35H,5,7-13,17-18H2. The van der Waals surface area contributed by atoms with E-state index >= 15 is 0 Å². The average Bonchev–Trinajstić information content (AvgIpc) is 3.39.